The van der Waals surface area contributed by atoms with E-state index in [1.807, 2.05) is 0 Å². The van der Waals surface area contributed by atoms with Gasteiger partial charge in [0.15, 0.2) is 0 Å². The van der Waals surface area contributed by atoms with Crippen LogP contribution in [0, 0.1) is 0 Å². The first kappa shape index (κ1) is 11.7. The summed E-state index contributed by atoms with van der Waals surface area (Å²) in [6, 6.07) is -28.7. The van der Waals surface area contributed by atoms with E-state index in [-0.39, 0.29) is 0 Å². The van der Waals surface area contributed by atoms with Gasteiger partial charge in [-0.2, -0.15) is 0 Å². The van der Waals surface area contributed by atoms with Gasteiger partial charge in [0.2, 0.25) is 0 Å². The Bertz CT molecular complexity index is 4840. The number of rotatable bonds is 3. The van der Waals surface area contributed by atoms with Crippen LogP contribution in [0.4, 0.5) is 0 Å². The minimum absolute atomic E-state index is 0.413. The van der Waals surface area contributed by atoms with Crippen molar-refractivity contribution in [2.24, 2.45) is 0 Å². The van der Waals surface area contributed by atoms with Gasteiger partial charge in [0, 0.05) is 10.8 Å². The molecule has 0 saturated carbocycles. The van der Waals surface area contributed by atoms with E-state index < -0.39 is 290 Å². The van der Waals surface area contributed by atoms with Gasteiger partial charge < -0.3 is 4.42 Å². The number of benzene rings is 10. The molecule has 0 aliphatic heterocycles. The zero-order valence-electron chi connectivity index (χ0n) is 55.4. The second-order valence-electron chi connectivity index (χ2n) is 11.3. The van der Waals surface area contributed by atoms with Crippen LogP contribution in [0.25, 0.3) is 109 Å². The summed E-state index contributed by atoms with van der Waals surface area (Å²) in [5.74, 6) is 0. The van der Waals surface area contributed by atoms with Crippen molar-refractivity contribution >= 4 is 75.8 Å². The van der Waals surface area contributed by atoms with Crippen LogP contribution in [-0.4, -0.2) is 0 Å². The standard InChI is InChI=1S/C50H30O/c1-3-15-34-31(12-1)14-9-24-39(34)48-41-17-5-7-19-43(41)49(44-20-8-6-18-42(44)48)40-25-11-22-37-35(21-10-23-38(37)40)33-27-28-46-45(30-33)50-36-16-4-2-13-32(36)26-29-47(50)51-46/h1-30H/i1D,2D,3D,4D,5D,6D,7D,8D,9D,10D,11D,12D,13D,14D,15D,16D,17D,18D,19D,20D,21D,22D,23D,24D,25D,26D,27D,28D,29D,30D. The Morgan fingerprint density at radius 3 is 1.43 bits per heavy atom. The van der Waals surface area contributed by atoms with Crippen LogP contribution in [0.2, 0.25) is 0 Å². The van der Waals surface area contributed by atoms with E-state index in [0.717, 1.165) is 0 Å². The lowest BCUT2D eigenvalue weighted by atomic mass is 9.83. The molecule has 0 N–H and O–H groups in total. The third-order valence-corrected chi connectivity index (χ3v) is 8.64. The summed E-state index contributed by atoms with van der Waals surface area (Å²) in [5.41, 5.74) is -6.01. The molecular formula is C50H30O. The summed E-state index contributed by atoms with van der Waals surface area (Å²) in [6.07, 6.45) is 0. The van der Waals surface area contributed by atoms with Crippen molar-refractivity contribution in [3.05, 3.63) is 181 Å². The van der Waals surface area contributed by atoms with Gasteiger partial charge in [-0.05, 0) is 105 Å². The molecular weight excluding hydrogens is 617 g/mol. The summed E-state index contributed by atoms with van der Waals surface area (Å²) in [5, 5.41) is -8.03. The molecule has 1 heterocycles. The first-order valence-electron chi connectivity index (χ1n) is 30.2. The Balaban J connectivity index is 1.44. The van der Waals surface area contributed by atoms with Crippen LogP contribution >= 0.6 is 0 Å². The summed E-state index contributed by atoms with van der Waals surface area (Å²) in [6.45, 7) is 0. The van der Waals surface area contributed by atoms with Crippen LogP contribution in [0.15, 0.2) is 186 Å². The zero-order chi connectivity index (χ0) is 59.6. The molecule has 1 nitrogen and oxygen atoms in total. The molecule has 1 heteroatoms. The highest BCUT2D eigenvalue weighted by molar-refractivity contribution is 6.26. The molecule has 0 atom stereocenters. The zero-order valence-corrected chi connectivity index (χ0v) is 25.4. The Morgan fingerprint density at radius 1 is 0.314 bits per heavy atom. The van der Waals surface area contributed by atoms with E-state index in [9.17, 15) is 19.2 Å². The molecule has 51 heavy (non-hydrogen) atoms. The van der Waals surface area contributed by atoms with Gasteiger partial charge in [-0.3, -0.25) is 0 Å². The fraction of sp³-hybridized carbons (Fsp3) is 0. The van der Waals surface area contributed by atoms with Crippen molar-refractivity contribution in [1.29, 1.82) is 0 Å². The molecule has 11 aromatic rings. The normalized spacial score (nSPS) is 20.2. The Kier molecular flexibility index (Phi) is 2.50. The second kappa shape index (κ2) is 10.9. The van der Waals surface area contributed by atoms with Crippen molar-refractivity contribution < 1.29 is 45.5 Å². The van der Waals surface area contributed by atoms with Crippen LogP contribution in [-0.2, 0) is 0 Å². The first-order chi connectivity index (χ1) is 37.8. The third kappa shape index (κ3) is 4.16. The van der Waals surface area contributed by atoms with E-state index in [2.05, 4.69) is 0 Å². The number of furan rings is 1. The van der Waals surface area contributed by atoms with Crippen molar-refractivity contribution in [3.63, 3.8) is 0 Å². The molecule has 0 unspecified atom stereocenters. The molecule has 236 valence electrons. The highest BCUT2D eigenvalue weighted by atomic mass is 16.3. The average Bonchev–Trinajstić information content (AvgIpc) is 2.43. The fourth-order valence-corrected chi connectivity index (χ4v) is 6.52. The molecule has 0 aliphatic carbocycles. The maximum absolute atomic E-state index is 9.82. The largest absolute Gasteiger partial charge is 0.456 e. The van der Waals surface area contributed by atoms with E-state index in [1.165, 1.54) is 0 Å². The molecule has 0 bridgehead atoms. The van der Waals surface area contributed by atoms with Gasteiger partial charge in [-0.25, -0.2) is 0 Å². The fourth-order valence-electron chi connectivity index (χ4n) is 6.52. The minimum atomic E-state index is -1.12. The van der Waals surface area contributed by atoms with Gasteiger partial charge in [0.05, 0.1) is 41.1 Å². The first-order valence-corrected chi connectivity index (χ1v) is 15.2. The number of fused-ring (bicyclic) bond motifs is 9. The highest BCUT2D eigenvalue weighted by Gasteiger charge is 2.20. The van der Waals surface area contributed by atoms with Gasteiger partial charge in [0.25, 0.3) is 0 Å². The van der Waals surface area contributed by atoms with E-state index in [1.54, 1.807) is 0 Å². The maximum Gasteiger partial charge on any atom is 0.136 e. The van der Waals surface area contributed by atoms with Crippen LogP contribution in [0.5, 0.6) is 0 Å². The molecule has 10 aromatic carbocycles. The van der Waals surface area contributed by atoms with Crippen LogP contribution < -0.4 is 0 Å². The second-order valence-corrected chi connectivity index (χ2v) is 11.3. The third-order valence-electron chi connectivity index (χ3n) is 8.64. The quantitative estimate of drug-likeness (QED) is 0.170. The van der Waals surface area contributed by atoms with E-state index >= 15 is 0 Å². The summed E-state index contributed by atoms with van der Waals surface area (Å²) in [4.78, 5) is 0. The van der Waals surface area contributed by atoms with Gasteiger partial charge in [-0.1, -0.05) is 163 Å². The minimum Gasteiger partial charge on any atom is -0.456 e. The monoisotopic (exact) mass is 676 g/mol. The summed E-state index contributed by atoms with van der Waals surface area (Å²) >= 11 is 0. The van der Waals surface area contributed by atoms with E-state index in [4.69, 9.17) is 26.3 Å². The molecule has 0 fully saturated rings. The van der Waals surface area contributed by atoms with Gasteiger partial charge >= 0.3 is 0 Å². The smallest absolute Gasteiger partial charge is 0.136 e. The van der Waals surface area contributed by atoms with Crippen molar-refractivity contribution in [1.82, 2.24) is 0 Å². The topological polar surface area (TPSA) is 13.1 Å². The maximum atomic E-state index is 9.82. The number of hydrogen-bond acceptors (Lipinski definition) is 1. The average molecular weight is 677 g/mol. The lowest BCUT2D eigenvalue weighted by Crippen LogP contribution is -1.92. The molecule has 1 aromatic heterocycles. The molecule has 0 radical (unpaired) electrons. The van der Waals surface area contributed by atoms with Crippen molar-refractivity contribution in [2.75, 3.05) is 0 Å². The van der Waals surface area contributed by atoms with Crippen LogP contribution in [0.1, 0.15) is 41.1 Å². The SMILES string of the molecule is [2H]c1c(-c2c([2H])c([2H])c([2H])c3c(-c4c5c([2H])c([2H])c([2H])c([2H])c5c(-c5c([2H])c([2H])c([2H])c6c([2H])c([2H])c([2H])c([2H])c56)c5c([2H])c([2H])c([2H])c([2H])c45)c([2H])c([2H])c([2H])c23)c([2H])c2c(oc3c([2H])c([2H])c4c([2H])c([2H])c([2H])c([2H])c4c32)c1[2H]. The molecule has 0 saturated heterocycles. The molecule has 0 spiro atoms. The van der Waals surface area contributed by atoms with Crippen LogP contribution in [0.3, 0.4) is 0 Å². The van der Waals surface area contributed by atoms with Crippen molar-refractivity contribution in [2.45, 2.75) is 0 Å². The van der Waals surface area contributed by atoms with E-state index in [0.29, 0.717) is 0 Å². The molecule has 11 rings (SSSR count). The Hall–Kier alpha value is -6.70. The number of hydrogen-bond donors (Lipinski definition) is 0. The molecule has 0 amide bonds. The predicted octanol–water partition coefficient (Wildman–Crippen LogP) is 14.4. The highest BCUT2D eigenvalue weighted by Crippen LogP contribution is 2.47. The predicted molar refractivity (Wildman–Crippen MR) is 218 cm³/mol. The Labute approximate surface area is 336 Å². The lowest BCUT2D eigenvalue weighted by molar-refractivity contribution is 0.669. The summed E-state index contributed by atoms with van der Waals surface area (Å²) < 4.78 is 280. The van der Waals surface area contributed by atoms with Gasteiger partial charge in [0.1, 0.15) is 11.2 Å². The van der Waals surface area contributed by atoms with Crippen molar-refractivity contribution in [3.8, 4) is 33.4 Å². The lowest BCUT2D eigenvalue weighted by Gasteiger charge is -2.20. The molecule has 0 aliphatic rings. The Morgan fingerprint density at radius 2 is 0.765 bits per heavy atom. The van der Waals surface area contributed by atoms with Gasteiger partial charge in [-0.15, -0.1) is 0 Å². The summed E-state index contributed by atoms with van der Waals surface area (Å²) in [7, 11) is 0.